The number of rotatable bonds is 5. The Labute approximate surface area is 140 Å². The first-order valence-electron chi connectivity index (χ1n) is 8.26. The van der Waals surface area contributed by atoms with Gasteiger partial charge in [-0.25, -0.2) is 0 Å². The average molecular weight is 307 g/mol. The predicted octanol–water partition coefficient (Wildman–Crippen LogP) is 6.50. The van der Waals surface area contributed by atoms with Gasteiger partial charge >= 0.3 is 0 Å². The second-order valence-electron chi connectivity index (χ2n) is 6.51. The molecule has 2 heteroatoms. The number of aliphatic imine (C=N–C) groups is 1. The first kappa shape index (κ1) is 17.3. The maximum absolute atomic E-state index is 4.90. The van der Waals surface area contributed by atoms with Crippen molar-refractivity contribution in [1.82, 2.24) is 0 Å². The van der Waals surface area contributed by atoms with E-state index in [4.69, 9.17) is 10.3 Å². The maximum Gasteiger partial charge on any atom is 0.0687 e. The molecule has 2 nitrogen and oxygen atoms in total. The van der Waals surface area contributed by atoms with E-state index in [9.17, 15) is 0 Å². The van der Waals surface area contributed by atoms with Crippen LogP contribution in [0.3, 0.4) is 0 Å². The molecule has 1 unspecified atom stereocenters. The number of nitrogens with zero attached hydrogens (tertiary/aromatic N) is 2. The molecule has 0 saturated heterocycles. The smallest absolute Gasteiger partial charge is 0.0687 e. The quantitative estimate of drug-likeness (QED) is 0.564. The number of hydrogen-bond donors (Lipinski definition) is 0. The molecule has 0 radical (unpaired) electrons. The normalized spacial score (nSPS) is 13.0. The zero-order valence-corrected chi connectivity index (χ0v) is 15.1. The van der Waals surface area contributed by atoms with Crippen molar-refractivity contribution in [2.75, 3.05) is 0 Å². The molecule has 1 atom stereocenters. The Balaban J connectivity index is 2.11. The molecule has 0 bridgehead atoms. The SMILES string of the molecule is CC(CC(C)[N-]c1c(C)cccc1C)=Nc1c(C)cccc1C. The zero-order valence-electron chi connectivity index (χ0n) is 15.1. The third-order valence-electron chi connectivity index (χ3n) is 4.12. The molecule has 0 aromatic heterocycles. The molecule has 0 amide bonds. The van der Waals surface area contributed by atoms with Crippen molar-refractivity contribution in [3.63, 3.8) is 0 Å². The van der Waals surface area contributed by atoms with E-state index in [1.54, 1.807) is 0 Å². The minimum atomic E-state index is 0.225. The Kier molecular flexibility index (Phi) is 5.59. The predicted molar refractivity (Wildman–Crippen MR) is 102 cm³/mol. The van der Waals surface area contributed by atoms with Gasteiger partial charge in [-0.05, 0) is 52.2 Å². The van der Waals surface area contributed by atoms with E-state index in [1.807, 2.05) is 0 Å². The molecule has 2 rings (SSSR count). The van der Waals surface area contributed by atoms with Gasteiger partial charge in [-0.2, -0.15) is 0 Å². The molecule has 0 fully saturated rings. The van der Waals surface area contributed by atoms with E-state index < -0.39 is 0 Å². The van der Waals surface area contributed by atoms with Crippen molar-refractivity contribution >= 4 is 17.1 Å². The highest BCUT2D eigenvalue weighted by Gasteiger charge is 2.03. The summed E-state index contributed by atoms with van der Waals surface area (Å²) >= 11 is 0. The largest absolute Gasteiger partial charge is 0.681 e. The van der Waals surface area contributed by atoms with Gasteiger partial charge in [0.05, 0.1) is 5.69 Å². The van der Waals surface area contributed by atoms with Gasteiger partial charge in [0.1, 0.15) is 0 Å². The topological polar surface area (TPSA) is 26.5 Å². The van der Waals surface area contributed by atoms with Gasteiger partial charge in [-0.3, -0.25) is 4.99 Å². The van der Waals surface area contributed by atoms with Crippen LogP contribution in [0.25, 0.3) is 5.32 Å². The van der Waals surface area contributed by atoms with Crippen LogP contribution in [-0.4, -0.2) is 11.8 Å². The first-order chi connectivity index (χ1) is 10.9. The van der Waals surface area contributed by atoms with E-state index in [2.05, 4.69) is 77.9 Å². The summed E-state index contributed by atoms with van der Waals surface area (Å²) in [6.07, 6.45) is 0.877. The first-order valence-corrected chi connectivity index (χ1v) is 8.26. The van der Waals surface area contributed by atoms with Crippen molar-refractivity contribution in [3.05, 3.63) is 64.0 Å². The molecule has 23 heavy (non-hydrogen) atoms. The van der Waals surface area contributed by atoms with Crippen LogP contribution in [0.15, 0.2) is 41.4 Å². The van der Waals surface area contributed by atoms with Gasteiger partial charge in [0, 0.05) is 5.71 Å². The average Bonchev–Trinajstić information content (AvgIpc) is 2.47. The molecule has 2 aromatic rings. The summed E-state index contributed by atoms with van der Waals surface area (Å²) in [5.41, 5.74) is 8.28. The summed E-state index contributed by atoms with van der Waals surface area (Å²) < 4.78 is 0. The second-order valence-corrected chi connectivity index (χ2v) is 6.51. The van der Waals surface area contributed by atoms with E-state index >= 15 is 0 Å². The van der Waals surface area contributed by atoms with E-state index in [1.165, 1.54) is 22.3 Å². The summed E-state index contributed by atoms with van der Waals surface area (Å²) in [7, 11) is 0. The van der Waals surface area contributed by atoms with E-state index in [0.29, 0.717) is 0 Å². The van der Waals surface area contributed by atoms with Crippen LogP contribution >= 0.6 is 0 Å². The van der Waals surface area contributed by atoms with Crippen molar-refractivity contribution in [1.29, 1.82) is 0 Å². The summed E-state index contributed by atoms with van der Waals surface area (Å²) in [6.45, 7) is 12.7. The molecule has 0 N–H and O–H groups in total. The van der Waals surface area contributed by atoms with Gasteiger partial charge in [0.2, 0.25) is 0 Å². The summed E-state index contributed by atoms with van der Waals surface area (Å²) in [5, 5.41) is 4.90. The highest BCUT2D eigenvalue weighted by Crippen LogP contribution is 2.31. The highest BCUT2D eigenvalue weighted by atomic mass is 14.9. The molecule has 0 spiro atoms. The van der Waals surface area contributed by atoms with Crippen molar-refractivity contribution in [2.45, 2.75) is 54.0 Å². The lowest BCUT2D eigenvalue weighted by molar-refractivity contribution is 0.872. The van der Waals surface area contributed by atoms with Crippen molar-refractivity contribution < 1.29 is 0 Å². The van der Waals surface area contributed by atoms with Gasteiger partial charge in [0.25, 0.3) is 0 Å². The number of aryl methyl sites for hydroxylation is 4. The van der Waals surface area contributed by atoms with Crippen LogP contribution in [-0.2, 0) is 0 Å². The molecule has 0 heterocycles. The summed E-state index contributed by atoms with van der Waals surface area (Å²) in [6, 6.07) is 12.9. The van der Waals surface area contributed by atoms with Crippen LogP contribution in [0.2, 0.25) is 0 Å². The molecule has 0 aliphatic carbocycles. The second kappa shape index (κ2) is 7.45. The van der Waals surface area contributed by atoms with Gasteiger partial charge in [-0.1, -0.05) is 54.4 Å². The standard InChI is InChI=1S/C21H27N2/c1-14-9-7-10-15(2)20(14)22-18(5)13-19(6)23-21-16(3)11-8-12-17(21)4/h7-12,18H,13H2,1-6H3/q-1. The van der Waals surface area contributed by atoms with Gasteiger partial charge < -0.3 is 5.32 Å². The van der Waals surface area contributed by atoms with Crippen molar-refractivity contribution in [2.24, 2.45) is 4.99 Å². The summed E-state index contributed by atoms with van der Waals surface area (Å²) in [5.74, 6) is 0. The van der Waals surface area contributed by atoms with Crippen LogP contribution in [0.5, 0.6) is 0 Å². The van der Waals surface area contributed by atoms with Crippen LogP contribution < -0.4 is 0 Å². The minimum absolute atomic E-state index is 0.225. The lowest BCUT2D eigenvalue weighted by atomic mass is 10.1. The number of hydrogen-bond acceptors (Lipinski definition) is 1. The molecule has 122 valence electrons. The van der Waals surface area contributed by atoms with Crippen LogP contribution in [0.1, 0.15) is 42.5 Å². The highest BCUT2D eigenvalue weighted by molar-refractivity contribution is 5.86. The molecule has 0 aliphatic heterocycles. The molecule has 2 aromatic carbocycles. The third-order valence-corrected chi connectivity index (χ3v) is 4.12. The fraction of sp³-hybridized carbons (Fsp3) is 0.381. The third kappa shape index (κ3) is 4.44. The van der Waals surface area contributed by atoms with Crippen molar-refractivity contribution in [3.8, 4) is 0 Å². The van der Waals surface area contributed by atoms with Crippen LogP contribution in [0.4, 0.5) is 11.4 Å². The minimum Gasteiger partial charge on any atom is -0.681 e. The van der Waals surface area contributed by atoms with Gasteiger partial charge in [0.15, 0.2) is 0 Å². The molecule has 0 aliphatic rings. The van der Waals surface area contributed by atoms with Crippen LogP contribution in [0, 0.1) is 27.7 Å². The molecular formula is C21H27N2-. The fourth-order valence-corrected chi connectivity index (χ4v) is 2.92. The lowest BCUT2D eigenvalue weighted by Crippen LogP contribution is -2.06. The summed E-state index contributed by atoms with van der Waals surface area (Å²) in [4.78, 5) is 4.84. The molecule has 0 saturated carbocycles. The maximum atomic E-state index is 4.90. The monoisotopic (exact) mass is 307 g/mol. The van der Waals surface area contributed by atoms with E-state index in [0.717, 1.165) is 23.5 Å². The van der Waals surface area contributed by atoms with E-state index in [-0.39, 0.29) is 6.04 Å². The number of benzene rings is 2. The van der Waals surface area contributed by atoms with Gasteiger partial charge in [-0.15, -0.1) is 11.7 Å². The Morgan fingerprint density at radius 2 is 1.39 bits per heavy atom. The Morgan fingerprint density at radius 1 is 0.913 bits per heavy atom. The number of para-hydroxylation sites is 2. The fourth-order valence-electron chi connectivity index (χ4n) is 2.92. The Hall–Kier alpha value is -2.09. The lowest BCUT2D eigenvalue weighted by Gasteiger charge is -2.33. The Morgan fingerprint density at radius 3 is 1.91 bits per heavy atom. The zero-order chi connectivity index (χ0) is 17.0. The Bertz CT molecular complexity index is 673. The molecular weight excluding hydrogens is 280 g/mol.